The number of benzene rings is 1. The Morgan fingerprint density at radius 1 is 0.889 bits per heavy atom. The van der Waals surface area contributed by atoms with Crippen LogP contribution in [-0.4, -0.2) is 30.7 Å². The Kier molecular flexibility index (Phi) is 11.0. The number of aldehydes is 1. The van der Waals surface area contributed by atoms with Gasteiger partial charge >= 0.3 is 5.97 Å². The van der Waals surface area contributed by atoms with Crippen LogP contribution in [0.5, 0.6) is 0 Å². The average Bonchev–Trinajstić information content (AvgIpc) is 2.58. The number of nitrogens with one attached hydrogen (secondary N) is 2. The van der Waals surface area contributed by atoms with Crippen molar-refractivity contribution < 1.29 is 23.9 Å². The van der Waals surface area contributed by atoms with E-state index in [1.54, 1.807) is 0 Å². The van der Waals surface area contributed by atoms with Crippen LogP contribution in [-0.2, 0) is 19.1 Å². The van der Waals surface area contributed by atoms with Crippen LogP contribution >= 0.6 is 67.8 Å². The molecule has 0 atom stereocenters. The number of anilines is 2. The SMILES string of the molecule is CC(=O)Nc1c(I)c(NC(C)=O)c(I)c(C(=O)OCCCCCC=O)c1I. The second-order valence-corrected chi connectivity index (χ2v) is 8.82. The van der Waals surface area contributed by atoms with Crippen molar-refractivity contribution in [3.8, 4) is 0 Å². The van der Waals surface area contributed by atoms with Crippen LogP contribution in [0.2, 0.25) is 0 Å². The van der Waals surface area contributed by atoms with Gasteiger partial charge in [-0.2, -0.15) is 0 Å². The standard InChI is InChI=1S/C17H19I3N2O5/c1-9(24)21-15-12(18)11(13(19)16(14(15)20)22-10(2)25)17(26)27-8-6-4-3-5-7-23/h7H,3-6,8H2,1-2H3,(H,21,24)(H,22,25). The molecule has 10 heteroatoms. The second kappa shape index (κ2) is 12.1. The summed E-state index contributed by atoms with van der Waals surface area (Å²) in [4.78, 5) is 46.1. The number of amides is 2. The molecule has 0 unspecified atom stereocenters. The fourth-order valence-corrected chi connectivity index (χ4v) is 6.30. The van der Waals surface area contributed by atoms with E-state index in [0.717, 1.165) is 19.1 Å². The first kappa shape index (κ1) is 24.5. The lowest BCUT2D eigenvalue weighted by molar-refractivity contribution is -0.115. The van der Waals surface area contributed by atoms with Gasteiger partial charge in [-0.1, -0.05) is 0 Å². The van der Waals surface area contributed by atoms with E-state index in [0.29, 0.717) is 40.5 Å². The highest BCUT2D eigenvalue weighted by atomic mass is 127. The molecule has 0 saturated carbocycles. The van der Waals surface area contributed by atoms with Crippen LogP contribution in [0.3, 0.4) is 0 Å². The summed E-state index contributed by atoms with van der Waals surface area (Å²) in [6.07, 6.45) is 3.59. The van der Waals surface area contributed by atoms with Gasteiger partial charge in [0.1, 0.15) is 6.29 Å². The van der Waals surface area contributed by atoms with Gasteiger partial charge in [-0.25, -0.2) is 4.79 Å². The summed E-state index contributed by atoms with van der Waals surface area (Å²) >= 11 is 6.01. The van der Waals surface area contributed by atoms with Gasteiger partial charge in [0.2, 0.25) is 11.8 Å². The topological polar surface area (TPSA) is 102 Å². The van der Waals surface area contributed by atoms with Crippen molar-refractivity contribution in [2.45, 2.75) is 39.5 Å². The van der Waals surface area contributed by atoms with Gasteiger partial charge in [0, 0.05) is 20.3 Å². The summed E-state index contributed by atoms with van der Waals surface area (Å²) < 4.78 is 7.11. The van der Waals surface area contributed by atoms with Crippen LogP contribution < -0.4 is 10.6 Å². The maximum Gasteiger partial charge on any atom is 0.340 e. The molecule has 0 aliphatic rings. The number of carbonyl (C=O) groups is 4. The van der Waals surface area contributed by atoms with E-state index in [4.69, 9.17) is 4.74 Å². The maximum atomic E-state index is 12.6. The Labute approximate surface area is 198 Å². The highest BCUT2D eigenvalue weighted by Crippen LogP contribution is 2.39. The summed E-state index contributed by atoms with van der Waals surface area (Å²) in [6.45, 7) is 2.99. The van der Waals surface area contributed by atoms with Gasteiger partial charge in [-0.15, -0.1) is 0 Å². The minimum Gasteiger partial charge on any atom is -0.462 e. The lowest BCUT2D eigenvalue weighted by Crippen LogP contribution is -2.19. The van der Waals surface area contributed by atoms with Crippen LogP contribution in [0.4, 0.5) is 11.4 Å². The quantitative estimate of drug-likeness (QED) is 0.172. The maximum absolute atomic E-state index is 12.6. The van der Waals surface area contributed by atoms with Crippen molar-refractivity contribution in [3.63, 3.8) is 0 Å². The fourth-order valence-electron chi connectivity index (χ4n) is 2.16. The molecular formula is C17H19I3N2O5. The van der Waals surface area contributed by atoms with Crippen molar-refractivity contribution in [3.05, 3.63) is 16.3 Å². The van der Waals surface area contributed by atoms with E-state index in [1.807, 2.05) is 67.8 Å². The molecule has 2 N–H and O–H groups in total. The van der Waals surface area contributed by atoms with Gasteiger partial charge in [-0.3, -0.25) is 9.59 Å². The summed E-state index contributed by atoms with van der Waals surface area (Å²) in [5.41, 5.74) is 1.23. The molecule has 0 aliphatic carbocycles. The average molecular weight is 712 g/mol. The first-order valence-corrected chi connectivity index (χ1v) is 11.3. The predicted molar refractivity (Wildman–Crippen MR) is 128 cm³/mol. The Morgan fingerprint density at radius 2 is 1.41 bits per heavy atom. The van der Waals surface area contributed by atoms with Crippen LogP contribution in [0.25, 0.3) is 0 Å². The summed E-state index contributed by atoms with van der Waals surface area (Å²) in [5, 5.41) is 5.44. The largest absolute Gasteiger partial charge is 0.462 e. The fraction of sp³-hybridized carbons (Fsp3) is 0.412. The van der Waals surface area contributed by atoms with Gasteiger partial charge < -0.3 is 20.2 Å². The van der Waals surface area contributed by atoms with Gasteiger partial charge in [0.05, 0.1) is 34.3 Å². The van der Waals surface area contributed by atoms with Crippen LogP contribution in [0.15, 0.2) is 0 Å². The number of ether oxygens (including phenoxy) is 1. The predicted octanol–water partition coefficient (Wildman–Crippen LogP) is 4.33. The molecule has 2 amide bonds. The summed E-state index contributed by atoms with van der Waals surface area (Å²) in [5.74, 6) is -1.08. The molecule has 0 aromatic heterocycles. The number of carbonyl (C=O) groups excluding carboxylic acids is 4. The van der Waals surface area contributed by atoms with E-state index in [2.05, 4.69) is 10.6 Å². The molecule has 0 bridgehead atoms. The van der Waals surface area contributed by atoms with Gasteiger partial charge in [0.15, 0.2) is 0 Å². The molecule has 0 aliphatic heterocycles. The first-order valence-electron chi connectivity index (χ1n) is 8.07. The van der Waals surface area contributed by atoms with E-state index in [-0.39, 0.29) is 18.4 Å². The highest BCUT2D eigenvalue weighted by Gasteiger charge is 2.26. The molecule has 0 saturated heterocycles. The zero-order valence-corrected chi connectivity index (χ0v) is 21.3. The normalized spacial score (nSPS) is 10.3. The minimum absolute atomic E-state index is 0.237. The molecule has 1 aromatic rings. The molecule has 0 radical (unpaired) electrons. The second-order valence-electron chi connectivity index (χ2n) is 5.58. The molecule has 1 aromatic carbocycles. The number of hydrogen-bond acceptors (Lipinski definition) is 5. The Bertz CT molecular complexity index is 710. The van der Waals surface area contributed by atoms with E-state index in [9.17, 15) is 19.2 Å². The van der Waals surface area contributed by atoms with E-state index >= 15 is 0 Å². The molecular weight excluding hydrogens is 693 g/mol. The monoisotopic (exact) mass is 712 g/mol. The van der Waals surface area contributed by atoms with Crippen molar-refractivity contribution in [1.29, 1.82) is 0 Å². The minimum atomic E-state index is -0.520. The van der Waals surface area contributed by atoms with Crippen molar-refractivity contribution in [2.75, 3.05) is 17.2 Å². The molecule has 27 heavy (non-hydrogen) atoms. The zero-order valence-electron chi connectivity index (χ0n) is 14.8. The Morgan fingerprint density at radius 3 is 1.85 bits per heavy atom. The third kappa shape index (κ3) is 7.44. The lowest BCUT2D eigenvalue weighted by Gasteiger charge is -2.19. The van der Waals surface area contributed by atoms with Gasteiger partial charge in [-0.05, 0) is 87.0 Å². The number of hydrogen-bond donors (Lipinski definition) is 2. The molecule has 1 rings (SSSR count). The third-order valence-corrected chi connectivity index (χ3v) is 6.56. The van der Waals surface area contributed by atoms with Crippen molar-refractivity contribution >= 4 is 103 Å². The Balaban J connectivity index is 3.15. The smallest absolute Gasteiger partial charge is 0.340 e. The lowest BCUT2D eigenvalue weighted by atomic mass is 10.1. The molecule has 7 nitrogen and oxygen atoms in total. The van der Waals surface area contributed by atoms with Gasteiger partial charge in [0.25, 0.3) is 0 Å². The summed E-state index contributed by atoms with van der Waals surface area (Å²) in [7, 11) is 0. The number of halogens is 3. The van der Waals surface area contributed by atoms with Crippen molar-refractivity contribution in [1.82, 2.24) is 0 Å². The molecule has 0 fully saturated rings. The Hall–Kier alpha value is -0.510. The first-order chi connectivity index (χ1) is 12.7. The van der Waals surface area contributed by atoms with E-state index in [1.165, 1.54) is 13.8 Å². The number of rotatable bonds is 9. The molecule has 148 valence electrons. The molecule has 0 heterocycles. The van der Waals surface area contributed by atoms with Crippen LogP contribution in [0.1, 0.15) is 49.9 Å². The molecule has 0 spiro atoms. The third-order valence-electron chi connectivity index (χ3n) is 3.32. The number of esters is 1. The summed E-state index contributed by atoms with van der Waals surface area (Å²) in [6, 6.07) is 0. The van der Waals surface area contributed by atoms with Crippen molar-refractivity contribution in [2.24, 2.45) is 0 Å². The van der Waals surface area contributed by atoms with Crippen LogP contribution in [0, 0.1) is 10.7 Å². The number of unbranched alkanes of at least 4 members (excludes halogenated alkanes) is 3. The highest BCUT2D eigenvalue weighted by molar-refractivity contribution is 14.1. The zero-order chi connectivity index (χ0) is 20.6. The van der Waals surface area contributed by atoms with E-state index < -0.39 is 5.97 Å².